The van der Waals surface area contributed by atoms with E-state index in [4.69, 9.17) is 5.73 Å². The Balaban J connectivity index is 2.31. The molecule has 2 N–H and O–H groups in total. The maximum absolute atomic E-state index is 11.1. The monoisotopic (exact) mass is 267 g/mol. The Kier molecular flexibility index (Phi) is 6.22. The molecule has 0 heterocycles. The van der Waals surface area contributed by atoms with E-state index in [9.17, 15) is 4.79 Å². The van der Waals surface area contributed by atoms with Crippen LogP contribution in [-0.2, 0) is 15.3 Å². The van der Waals surface area contributed by atoms with Crippen LogP contribution < -0.4 is 5.73 Å². The number of nitrogens with two attached hydrogens (primary N) is 1. The first-order valence-electron chi connectivity index (χ1n) is 6.01. The molecule has 100 valence electrons. The smallest absolute Gasteiger partial charge is 0.322 e. The summed E-state index contributed by atoms with van der Waals surface area (Å²) in [5.74, 6) is 1.49. The first kappa shape index (κ1) is 15.1. The van der Waals surface area contributed by atoms with Gasteiger partial charge in [0.25, 0.3) is 0 Å². The lowest BCUT2D eigenvalue weighted by molar-refractivity contribution is -0.142. The van der Waals surface area contributed by atoms with E-state index in [2.05, 4.69) is 36.8 Å². The largest absolute Gasteiger partial charge is 0.468 e. The van der Waals surface area contributed by atoms with Crippen molar-refractivity contribution in [2.75, 3.05) is 12.9 Å². The van der Waals surface area contributed by atoms with Crippen molar-refractivity contribution < 1.29 is 9.53 Å². The minimum Gasteiger partial charge on any atom is -0.468 e. The average molecular weight is 267 g/mol. The fourth-order valence-corrected chi connectivity index (χ4v) is 2.79. The normalized spacial score (nSPS) is 12.2. The van der Waals surface area contributed by atoms with Gasteiger partial charge in [0, 0.05) is 5.75 Å². The molecule has 18 heavy (non-hydrogen) atoms. The lowest BCUT2D eigenvalue weighted by Crippen LogP contribution is -2.31. The number of carbonyl (C=O) groups excluding carboxylic acids is 1. The molecule has 3 nitrogen and oxygen atoms in total. The molecule has 0 aromatic heterocycles. The highest BCUT2D eigenvalue weighted by Crippen LogP contribution is 2.16. The number of hydrogen-bond donors (Lipinski definition) is 1. The summed E-state index contributed by atoms with van der Waals surface area (Å²) in [6.45, 7) is 4.21. The summed E-state index contributed by atoms with van der Waals surface area (Å²) in [6.07, 6.45) is 0.655. The van der Waals surface area contributed by atoms with Gasteiger partial charge in [-0.1, -0.05) is 29.3 Å². The Morgan fingerprint density at radius 2 is 1.94 bits per heavy atom. The molecule has 1 aromatic rings. The number of esters is 1. The fourth-order valence-electron chi connectivity index (χ4n) is 1.82. The van der Waals surface area contributed by atoms with Crippen LogP contribution >= 0.6 is 11.8 Å². The van der Waals surface area contributed by atoms with Gasteiger partial charge in [0.1, 0.15) is 6.04 Å². The first-order valence-corrected chi connectivity index (χ1v) is 7.16. The molecule has 1 atom stereocenters. The number of thioether (sulfide) groups is 1. The van der Waals surface area contributed by atoms with Crippen LogP contribution in [0.1, 0.15) is 23.1 Å². The zero-order valence-electron chi connectivity index (χ0n) is 11.2. The zero-order valence-corrected chi connectivity index (χ0v) is 12.0. The van der Waals surface area contributed by atoms with E-state index in [0.717, 1.165) is 11.5 Å². The van der Waals surface area contributed by atoms with Crippen molar-refractivity contribution in [3.8, 4) is 0 Å². The molecule has 0 aliphatic heterocycles. The Hall–Kier alpha value is -1.00. The summed E-state index contributed by atoms with van der Waals surface area (Å²) >= 11 is 1.79. The van der Waals surface area contributed by atoms with Crippen LogP contribution in [0.2, 0.25) is 0 Å². The second kappa shape index (κ2) is 7.44. The van der Waals surface area contributed by atoms with Gasteiger partial charge in [0.05, 0.1) is 7.11 Å². The molecule has 0 saturated heterocycles. The van der Waals surface area contributed by atoms with Gasteiger partial charge in [-0.15, -0.1) is 0 Å². The highest BCUT2D eigenvalue weighted by atomic mass is 32.2. The minimum atomic E-state index is -0.498. The predicted molar refractivity (Wildman–Crippen MR) is 76.7 cm³/mol. The van der Waals surface area contributed by atoms with Crippen LogP contribution in [0.5, 0.6) is 0 Å². The number of aryl methyl sites for hydroxylation is 2. The molecule has 0 spiro atoms. The van der Waals surface area contributed by atoms with E-state index in [1.54, 1.807) is 11.8 Å². The van der Waals surface area contributed by atoms with Crippen LogP contribution in [0, 0.1) is 13.8 Å². The van der Waals surface area contributed by atoms with E-state index in [1.165, 1.54) is 23.8 Å². The molecule has 1 rings (SSSR count). The Morgan fingerprint density at radius 3 is 2.50 bits per heavy atom. The molecular weight excluding hydrogens is 246 g/mol. The van der Waals surface area contributed by atoms with E-state index >= 15 is 0 Å². The minimum absolute atomic E-state index is 0.331. The fraction of sp³-hybridized carbons (Fsp3) is 0.500. The van der Waals surface area contributed by atoms with Gasteiger partial charge in [0.2, 0.25) is 0 Å². The van der Waals surface area contributed by atoms with Gasteiger partial charge in [-0.3, -0.25) is 4.79 Å². The molecular formula is C14H21NO2S. The van der Waals surface area contributed by atoms with Crippen LogP contribution in [0.3, 0.4) is 0 Å². The highest BCUT2D eigenvalue weighted by Gasteiger charge is 2.12. The third-order valence-corrected chi connectivity index (χ3v) is 3.69. The van der Waals surface area contributed by atoms with Crippen molar-refractivity contribution in [1.29, 1.82) is 0 Å². The number of carbonyl (C=O) groups is 1. The zero-order chi connectivity index (χ0) is 13.5. The third-order valence-electron chi connectivity index (χ3n) is 2.63. The van der Waals surface area contributed by atoms with Gasteiger partial charge >= 0.3 is 5.97 Å². The summed E-state index contributed by atoms with van der Waals surface area (Å²) in [6, 6.07) is 6.06. The van der Waals surface area contributed by atoms with Gasteiger partial charge in [-0.25, -0.2) is 0 Å². The number of benzene rings is 1. The lowest BCUT2D eigenvalue weighted by atomic mass is 10.1. The molecule has 0 fully saturated rings. The molecule has 0 amide bonds. The Morgan fingerprint density at radius 1 is 1.33 bits per heavy atom. The van der Waals surface area contributed by atoms with Gasteiger partial charge < -0.3 is 10.5 Å². The van der Waals surface area contributed by atoms with Crippen molar-refractivity contribution in [2.24, 2.45) is 5.73 Å². The van der Waals surface area contributed by atoms with E-state index < -0.39 is 6.04 Å². The summed E-state index contributed by atoms with van der Waals surface area (Å²) in [5.41, 5.74) is 9.57. The van der Waals surface area contributed by atoms with E-state index in [1.807, 2.05) is 0 Å². The molecule has 0 saturated carbocycles. The second-order valence-corrected chi connectivity index (χ2v) is 5.57. The number of rotatable bonds is 6. The van der Waals surface area contributed by atoms with Gasteiger partial charge in [0.15, 0.2) is 0 Å². The lowest BCUT2D eigenvalue weighted by Gasteiger charge is -2.09. The standard InChI is InChI=1S/C14H21NO2S/c1-10-6-11(2)8-12(7-10)9-18-5-4-13(15)14(16)17-3/h6-8,13H,4-5,9,15H2,1-3H3. The first-order chi connectivity index (χ1) is 8.52. The summed E-state index contributed by atoms with van der Waals surface area (Å²) < 4.78 is 4.59. The molecule has 4 heteroatoms. The number of methoxy groups -OCH3 is 1. The second-order valence-electron chi connectivity index (χ2n) is 4.47. The molecule has 1 unspecified atom stereocenters. The van der Waals surface area contributed by atoms with Crippen molar-refractivity contribution >= 4 is 17.7 Å². The van der Waals surface area contributed by atoms with Crippen LogP contribution in [-0.4, -0.2) is 24.9 Å². The molecule has 0 aliphatic rings. The van der Waals surface area contributed by atoms with Crippen molar-refractivity contribution in [2.45, 2.75) is 32.1 Å². The van der Waals surface area contributed by atoms with E-state index in [0.29, 0.717) is 6.42 Å². The van der Waals surface area contributed by atoms with Crippen molar-refractivity contribution in [3.63, 3.8) is 0 Å². The maximum Gasteiger partial charge on any atom is 0.322 e. The Bertz CT molecular complexity index is 387. The Labute approximate surface area is 113 Å². The highest BCUT2D eigenvalue weighted by molar-refractivity contribution is 7.98. The van der Waals surface area contributed by atoms with Gasteiger partial charge in [-0.05, 0) is 31.6 Å². The van der Waals surface area contributed by atoms with Crippen molar-refractivity contribution in [1.82, 2.24) is 0 Å². The summed E-state index contributed by atoms with van der Waals surface area (Å²) in [7, 11) is 1.37. The molecule has 0 radical (unpaired) electrons. The average Bonchev–Trinajstić information content (AvgIpc) is 2.32. The van der Waals surface area contributed by atoms with Crippen LogP contribution in [0.4, 0.5) is 0 Å². The maximum atomic E-state index is 11.1. The SMILES string of the molecule is COC(=O)C(N)CCSCc1cc(C)cc(C)c1. The van der Waals surface area contributed by atoms with Crippen molar-refractivity contribution in [3.05, 3.63) is 34.9 Å². The number of hydrogen-bond acceptors (Lipinski definition) is 4. The summed E-state index contributed by atoms with van der Waals surface area (Å²) in [5, 5.41) is 0. The van der Waals surface area contributed by atoms with Crippen LogP contribution in [0.25, 0.3) is 0 Å². The number of ether oxygens (including phenoxy) is 1. The van der Waals surface area contributed by atoms with Gasteiger partial charge in [-0.2, -0.15) is 11.8 Å². The topological polar surface area (TPSA) is 52.3 Å². The third kappa shape index (κ3) is 5.10. The molecule has 0 aliphatic carbocycles. The van der Waals surface area contributed by atoms with Crippen LogP contribution in [0.15, 0.2) is 18.2 Å². The predicted octanol–water partition coefficient (Wildman–Crippen LogP) is 2.43. The molecule has 0 bridgehead atoms. The molecule has 1 aromatic carbocycles. The quantitative estimate of drug-likeness (QED) is 0.635. The summed E-state index contributed by atoms with van der Waals surface area (Å²) in [4.78, 5) is 11.1. The van der Waals surface area contributed by atoms with E-state index in [-0.39, 0.29) is 5.97 Å².